The van der Waals surface area contributed by atoms with Crippen LogP contribution in [0.3, 0.4) is 0 Å². The number of nitrogens with zero attached hydrogens (tertiary/aromatic N) is 1. The molecule has 2 aliphatic heterocycles. The quantitative estimate of drug-likeness (QED) is 0.792. The Morgan fingerprint density at radius 2 is 2.35 bits per heavy atom. The van der Waals surface area contributed by atoms with Crippen LogP contribution in [0.1, 0.15) is 23.2 Å². The van der Waals surface area contributed by atoms with Crippen LogP contribution in [0, 0.1) is 5.82 Å². The Morgan fingerprint density at radius 3 is 3.10 bits per heavy atom. The van der Waals surface area contributed by atoms with Crippen LogP contribution < -0.4 is 4.74 Å². The molecule has 0 aromatic heterocycles. The Balaban J connectivity index is 1.74. The van der Waals surface area contributed by atoms with Crippen molar-refractivity contribution >= 4 is 5.78 Å². The molecule has 5 heteroatoms. The van der Waals surface area contributed by atoms with Crippen molar-refractivity contribution in [1.29, 1.82) is 0 Å². The van der Waals surface area contributed by atoms with Gasteiger partial charge in [0, 0.05) is 18.2 Å². The van der Waals surface area contributed by atoms with Gasteiger partial charge in [-0.15, -0.1) is 0 Å². The maximum atomic E-state index is 13.7. The number of ketones is 1. The topological polar surface area (TPSA) is 38.8 Å². The number of carbonyl (C=O) groups excluding carboxylic acids is 1. The zero-order chi connectivity index (χ0) is 14.1. The minimum atomic E-state index is -0.520. The SMILES string of the molecule is COc1ccc(C(=O)C2CN3CCCC3CO2)cc1F. The summed E-state index contributed by atoms with van der Waals surface area (Å²) in [5, 5.41) is 0. The summed E-state index contributed by atoms with van der Waals surface area (Å²) in [4.78, 5) is 14.7. The third-order valence-electron chi connectivity index (χ3n) is 4.12. The van der Waals surface area contributed by atoms with Gasteiger partial charge in [0.15, 0.2) is 17.3 Å². The van der Waals surface area contributed by atoms with Crippen LogP contribution in [-0.2, 0) is 4.74 Å². The Morgan fingerprint density at radius 1 is 1.50 bits per heavy atom. The van der Waals surface area contributed by atoms with Gasteiger partial charge in [-0.1, -0.05) is 0 Å². The lowest BCUT2D eigenvalue weighted by Crippen LogP contribution is -2.49. The summed E-state index contributed by atoms with van der Waals surface area (Å²) in [5.41, 5.74) is 0.339. The van der Waals surface area contributed by atoms with Gasteiger partial charge in [0.05, 0.1) is 13.7 Å². The highest BCUT2D eigenvalue weighted by Crippen LogP contribution is 2.25. The number of methoxy groups -OCH3 is 1. The maximum absolute atomic E-state index is 13.7. The minimum Gasteiger partial charge on any atom is -0.494 e. The Hall–Kier alpha value is -1.46. The number of fused-ring (bicyclic) bond motifs is 1. The van der Waals surface area contributed by atoms with Crippen LogP contribution in [0.5, 0.6) is 5.75 Å². The van der Waals surface area contributed by atoms with E-state index in [1.54, 1.807) is 6.07 Å². The maximum Gasteiger partial charge on any atom is 0.192 e. The van der Waals surface area contributed by atoms with Crippen molar-refractivity contribution < 1.29 is 18.7 Å². The molecule has 0 aliphatic carbocycles. The molecule has 0 saturated carbocycles. The van der Waals surface area contributed by atoms with E-state index < -0.39 is 11.9 Å². The Kier molecular flexibility index (Phi) is 3.72. The second kappa shape index (κ2) is 5.50. The number of hydrogen-bond acceptors (Lipinski definition) is 4. The summed E-state index contributed by atoms with van der Waals surface area (Å²) in [6, 6.07) is 4.74. The monoisotopic (exact) mass is 279 g/mol. The largest absolute Gasteiger partial charge is 0.494 e. The average molecular weight is 279 g/mol. The molecule has 0 N–H and O–H groups in total. The zero-order valence-corrected chi connectivity index (χ0v) is 11.5. The highest BCUT2D eigenvalue weighted by Gasteiger charge is 2.35. The first-order valence-electron chi connectivity index (χ1n) is 6.92. The minimum absolute atomic E-state index is 0.144. The normalized spacial score (nSPS) is 26.3. The summed E-state index contributed by atoms with van der Waals surface area (Å²) >= 11 is 0. The molecule has 2 unspecified atom stereocenters. The number of benzene rings is 1. The van der Waals surface area contributed by atoms with E-state index in [2.05, 4.69) is 4.90 Å². The molecular formula is C15H18FNO3. The van der Waals surface area contributed by atoms with E-state index in [9.17, 15) is 9.18 Å². The lowest BCUT2D eigenvalue weighted by atomic mass is 10.0. The smallest absolute Gasteiger partial charge is 0.192 e. The van der Waals surface area contributed by atoms with Crippen LogP contribution in [0.25, 0.3) is 0 Å². The number of ether oxygens (including phenoxy) is 2. The highest BCUT2D eigenvalue weighted by atomic mass is 19.1. The van der Waals surface area contributed by atoms with Gasteiger partial charge in [-0.25, -0.2) is 4.39 Å². The van der Waals surface area contributed by atoms with Crippen molar-refractivity contribution in [1.82, 2.24) is 4.90 Å². The summed E-state index contributed by atoms with van der Waals surface area (Å²) in [5.74, 6) is -0.532. The summed E-state index contributed by atoms with van der Waals surface area (Å²) in [7, 11) is 1.40. The van der Waals surface area contributed by atoms with Crippen molar-refractivity contribution in [2.75, 3.05) is 26.8 Å². The third kappa shape index (κ3) is 2.43. The fraction of sp³-hybridized carbons (Fsp3) is 0.533. The van der Waals surface area contributed by atoms with E-state index in [4.69, 9.17) is 9.47 Å². The lowest BCUT2D eigenvalue weighted by molar-refractivity contribution is -0.0344. The third-order valence-corrected chi connectivity index (χ3v) is 4.12. The summed E-state index contributed by atoms with van der Waals surface area (Å²) < 4.78 is 24.2. The van der Waals surface area contributed by atoms with Crippen molar-refractivity contribution in [2.24, 2.45) is 0 Å². The van der Waals surface area contributed by atoms with Gasteiger partial charge in [0.1, 0.15) is 6.10 Å². The van der Waals surface area contributed by atoms with Crippen LogP contribution in [0.15, 0.2) is 18.2 Å². The molecule has 1 aromatic rings. The van der Waals surface area contributed by atoms with Crippen molar-refractivity contribution in [3.8, 4) is 5.75 Å². The predicted molar refractivity (Wildman–Crippen MR) is 71.6 cm³/mol. The molecular weight excluding hydrogens is 261 g/mol. The molecule has 2 heterocycles. The first-order valence-corrected chi connectivity index (χ1v) is 6.92. The zero-order valence-electron chi connectivity index (χ0n) is 11.5. The number of halogens is 1. The number of Topliss-reactive ketones (excluding diaryl/α,β-unsaturated/α-hetero) is 1. The molecule has 2 aliphatic rings. The second-order valence-electron chi connectivity index (χ2n) is 5.33. The average Bonchev–Trinajstić information content (AvgIpc) is 2.93. The van der Waals surface area contributed by atoms with Gasteiger partial charge in [-0.05, 0) is 37.6 Å². The standard InChI is InChI=1S/C15H18FNO3/c1-19-13-5-4-10(7-12(13)16)15(18)14-8-17-6-2-3-11(17)9-20-14/h4-5,7,11,14H,2-3,6,8-9H2,1H3. The Bertz CT molecular complexity index is 520. The lowest BCUT2D eigenvalue weighted by Gasteiger charge is -2.34. The van der Waals surface area contributed by atoms with E-state index >= 15 is 0 Å². The highest BCUT2D eigenvalue weighted by molar-refractivity contribution is 5.99. The van der Waals surface area contributed by atoms with Gasteiger partial charge >= 0.3 is 0 Å². The van der Waals surface area contributed by atoms with E-state index in [0.29, 0.717) is 24.8 Å². The van der Waals surface area contributed by atoms with E-state index in [-0.39, 0.29) is 11.5 Å². The van der Waals surface area contributed by atoms with Gasteiger partial charge in [-0.2, -0.15) is 0 Å². The molecule has 108 valence electrons. The van der Waals surface area contributed by atoms with Gasteiger partial charge in [-0.3, -0.25) is 9.69 Å². The number of morpholine rings is 1. The first-order chi connectivity index (χ1) is 9.69. The predicted octanol–water partition coefficient (Wildman–Crippen LogP) is 1.88. The molecule has 2 atom stereocenters. The van der Waals surface area contributed by atoms with Crippen molar-refractivity contribution in [3.63, 3.8) is 0 Å². The first kappa shape index (κ1) is 13.5. The molecule has 1 aromatic carbocycles. The number of rotatable bonds is 3. The molecule has 0 bridgehead atoms. The molecule has 2 saturated heterocycles. The van der Waals surface area contributed by atoms with Gasteiger partial charge in [0.25, 0.3) is 0 Å². The number of carbonyl (C=O) groups is 1. The molecule has 20 heavy (non-hydrogen) atoms. The van der Waals surface area contributed by atoms with Crippen LogP contribution in [0.2, 0.25) is 0 Å². The molecule has 0 amide bonds. The van der Waals surface area contributed by atoms with Crippen molar-refractivity contribution in [3.05, 3.63) is 29.6 Å². The van der Waals surface area contributed by atoms with Crippen LogP contribution >= 0.6 is 0 Å². The van der Waals surface area contributed by atoms with Crippen LogP contribution in [0.4, 0.5) is 4.39 Å². The van der Waals surface area contributed by atoms with E-state index in [1.807, 2.05) is 0 Å². The second-order valence-corrected chi connectivity index (χ2v) is 5.33. The number of hydrogen-bond donors (Lipinski definition) is 0. The van der Waals surface area contributed by atoms with Gasteiger partial charge < -0.3 is 9.47 Å². The molecule has 4 nitrogen and oxygen atoms in total. The molecule has 2 fully saturated rings. The fourth-order valence-corrected chi connectivity index (χ4v) is 2.98. The Labute approximate surface area is 117 Å². The van der Waals surface area contributed by atoms with E-state index in [1.165, 1.54) is 19.2 Å². The van der Waals surface area contributed by atoms with Gasteiger partial charge in [0.2, 0.25) is 0 Å². The summed E-state index contributed by atoms with van der Waals surface area (Å²) in [6.45, 7) is 2.22. The van der Waals surface area contributed by atoms with E-state index in [0.717, 1.165) is 19.4 Å². The summed E-state index contributed by atoms with van der Waals surface area (Å²) in [6.07, 6.45) is 1.81. The molecule has 3 rings (SSSR count). The molecule has 0 radical (unpaired) electrons. The molecule has 0 spiro atoms. The fourth-order valence-electron chi connectivity index (χ4n) is 2.98. The van der Waals surface area contributed by atoms with Crippen LogP contribution in [-0.4, -0.2) is 49.6 Å². The van der Waals surface area contributed by atoms with Crippen molar-refractivity contribution in [2.45, 2.75) is 25.0 Å².